The van der Waals surface area contributed by atoms with E-state index in [0.717, 1.165) is 16.9 Å². The lowest BCUT2D eigenvalue weighted by atomic mass is 10.1. The summed E-state index contributed by atoms with van der Waals surface area (Å²) in [7, 11) is 0. The summed E-state index contributed by atoms with van der Waals surface area (Å²) < 4.78 is 11.1. The van der Waals surface area contributed by atoms with E-state index in [1.807, 2.05) is 39.0 Å². The van der Waals surface area contributed by atoms with Crippen molar-refractivity contribution >= 4 is 0 Å². The van der Waals surface area contributed by atoms with Gasteiger partial charge in [-0.15, -0.1) is 0 Å². The first-order valence-corrected chi connectivity index (χ1v) is 6.58. The van der Waals surface area contributed by atoms with Gasteiger partial charge in [-0.2, -0.15) is 0 Å². The van der Waals surface area contributed by atoms with Crippen LogP contribution in [0.1, 0.15) is 31.4 Å². The Bertz CT molecular complexity index is 441. The van der Waals surface area contributed by atoms with Crippen LogP contribution in [0.5, 0.6) is 5.75 Å². The highest BCUT2D eigenvalue weighted by atomic mass is 16.5. The lowest BCUT2D eigenvalue weighted by Crippen LogP contribution is -2.11. The molecule has 1 rings (SSSR count). The third kappa shape index (κ3) is 6.28. The van der Waals surface area contributed by atoms with Crippen LogP contribution in [0.15, 0.2) is 18.2 Å². The van der Waals surface area contributed by atoms with Crippen molar-refractivity contribution in [3.63, 3.8) is 0 Å². The number of aryl methyl sites for hydroxylation is 1. The van der Waals surface area contributed by atoms with Gasteiger partial charge in [0, 0.05) is 6.42 Å². The van der Waals surface area contributed by atoms with Gasteiger partial charge in [-0.1, -0.05) is 17.9 Å². The molecule has 3 heteroatoms. The topological polar surface area (TPSA) is 38.7 Å². The summed E-state index contributed by atoms with van der Waals surface area (Å²) in [6.45, 7) is 7.17. The van der Waals surface area contributed by atoms with Gasteiger partial charge >= 0.3 is 0 Å². The normalized spacial score (nSPS) is 10.2. The maximum absolute atomic E-state index is 8.74. The highest BCUT2D eigenvalue weighted by Crippen LogP contribution is 2.19. The highest BCUT2D eigenvalue weighted by molar-refractivity contribution is 5.48. The quantitative estimate of drug-likeness (QED) is 0.632. The average molecular weight is 262 g/mol. The molecule has 1 aromatic rings. The van der Waals surface area contributed by atoms with Crippen molar-refractivity contribution < 1.29 is 14.6 Å². The van der Waals surface area contributed by atoms with Crippen molar-refractivity contribution in [3.05, 3.63) is 29.3 Å². The molecule has 1 N–H and O–H groups in total. The molecule has 0 heterocycles. The Morgan fingerprint density at radius 1 is 1.26 bits per heavy atom. The van der Waals surface area contributed by atoms with Crippen molar-refractivity contribution in [2.45, 2.75) is 33.3 Å². The zero-order valence-electron chi connectivity index (χ0n) is 11.9. The molecule has 0 aromatic heterocycles. The van der Waals surface area contributed by atoms with Crippen LogP contribution in [0.4, 0.5) is 0 Å². The van der Waals surface area contributed by atoms with E-state index in [-0.39, 0.29) is 12.7 Å². The third-order valence-electron chi connectivity index (χ3n) is 2.39. The van der Waals surface area contributed by atoms with Gasteiger partial charge in [0.2, 0.25) is 0 Å². The minimum atomic E-state index is 0.0806. The lowest BCUT2D eigenvalue weighted by Gasteiger charge is -2.11. The van der Waals surface area contributed by atoms with Crippen LogP contribution in [0, 0.1) is 18.8 Å². The zero-order chi connectivity index (χ0) is 14.1. The molecule has 0 unspecified atom stereocenters. The molecule has 0 bridgehead atoms. The SMILES string of the molecule is Cc1ccc(OCCOC(C)C)c(C#CCCO)c1. The van der Waals surface area contributed by atoms with Crippen LogP contribution in [0.3, 0.4) is 0 Å². The summed E-state index contributed by atoms with van der Waals surface area (Å²) in [4.78, 5) is 0. The van der Waals surface area contributed by atoms with E-state index in [1.54, 1.807) is 0 Å². The Labute approximate surface area is 115 Å². The predicted molar refractivity (Wildman–Crippen MR) is 76.3 cm³/mol. The van der Waals surface area contributed by atoms with Gasteiger partial charge < -0.3 is 14.6 Å². The second-order valence-electron chi connectivity index (χ2n) is 4.54. The predicted octanol–water partition coefficient (Wildman–Crippen LogP) is 2.53. The second kappa shape index (κ2) is 8.58. The summed E-state index contributed by atoms with van der Waals surface area (Å²) in [5, 5.41) is 8.74. The van der Waals surface area contributed by atoms with Gasteiger partial charge in [0.15, 0.2) is 0 Å². The fourth-order valence-corrected chi connectivity index (χ4v) is 1.52. The van der Waals surface area contributed by atoms with Crippen molar-refractivity contribution in [2.24, 2.45) is 0 Å². The number of rotatable bonds is 6. The Morgan fingerprint density at radius 3 is 2.74 bits per heavy atom. The molecule has 0 atom stereocenters. The van der Waals surface area contributed by atoms with Gasteiger partial charge in [0.05, 0.1) is 24.9 Å². The van der Waals surface area contributed by atoms with E-state index in [1.165, 1.54) is 0 Å². The van der Waals surface area contributed by atoms with E-state index in [2.05, 4.69) is 11.8 Å². The average Bonchev–Trinajstić information content (AvgIpc) is 2.36. The Hall–Kier alpha value is -1.50. The lowest BCUT2D eigenvalue weighted by molar-refractivity contribution is 0.0552. The van der Waals surface area contributed by atoms with Gasteiger partial charge in [0.1, 0.15) is 12.4 Å². The minimum absolute atomic E-state index is 0.0806. The van der Waals surface area contributed by atoms with Crippen molar-refractivity contribution in [3.8, 4) is 17.6 Å². The van der Waals surface area contributed by atoms with Crippen LogP contribution in [0.2, 0.25) is 0 Å². The van der Waals surface area contributed by atoms with E-state index >= 15 is 0 Å². The summed E-state index contributed by atoms with van der Waals surface area (Å²) in [5.74, 6) is 6.71. The van der Waals surface area contributed by atoms with Gasteiger partial charge in [-0.05, 0) is 38.5 Å². The van der Waals surface area contributed by atoms with Gasteiger partial charge in [-0.25, -0.2) is 0 Å². The molecule has 0 radical (unpaired) electrons. The van der Waals surface area contributed by atoms with Crippen LogP contribution >= 0.6 is 0 Å². The number of aliphatic hydroxyl groups excluding tert-OH is 1. The van der Waals surface area contributed by atoms with Gasteiger partial charge in [0.25, 0.3) is 0 Å². The molecule has 0 aliphatic rings. The van der Waals surface area contributed by atoms with Crippen LogP contribution < -0.4 is 4.74 Å². The number of aliphatic hydroxyl groups is 1. The third-order valence-corrected chi connectivity index (χ3v) is 2.39. The number of hydrogen-bond donors (Lipinski definition) is 1. The fraction of sp³-hybridized carbons (Fsp3) is 0.500. The first kappa shape index (κ1) is 15.6. The molecule has 0 aliphatic heterocycles. The number of benzene rings is 1. The largest absolute Gasteiger partial charge is 0.490 e. The van der Waals surface area contributed by atoms with Crippen molar-refractivity contribution in [1.29, 1.82) is 0 Å². The first-order valence-electron chi connectivity index (χ1n) is 6.58. The smallest absolute Gasteiger partial charge is 0.135 e. The molecule has 104 valence electrons. The summed E-state index contributed by atoms with van der Waals surface area (Å²) in [6, 6.07) is 5.91. The highest BCUT2D eigenvalue weighted by Gasteiger charge is 2.02. The molecule has 0 fully saturated rings. The monoisotopic (exact) mass is 262 g/mol. The van der Waals surface area contributed by atoms with Crippen molar-refractivity contribution in [2.75, 3.05) is 19.8 Å². The molecule has 0 saturated carbocycles. The molecule has 0 saturated heterocycles. The summed E-state index contributed by atoms with van der Waals surface area (Å²) >= 11 is 0. The molecule has 0 amide bonds. The van der Waals surface area contributed by atoms with Crippen molar-refractivity contribution in [1.82, 2.24) is 0 Å². The Kier molecular flexibility index (Phi) is 7.02. The molecular formula is C16H22O3. The van der Waals surface area contributed by atoms with E-state index in [9.17, 15) is 0 Å². The minimum Gasteiger partial charge on any atom is -0.490 e. The zero-order valence-corrected chi connectivity index (χ0v) is 11.9. The van der Waals surface area contributed by atoms with E-state index in [4.69, 9.17) is 14.6 Å². The number of hydrogen-bond acceptors (Lipinski definition) is 3. The van der Waals surface area contributed by atoms with E-state index in [0.29, 0.717) is 19.6 Å². The number of ether oxygens (including phenoxy) is 2. The molecule has 19 heavy (non-hydrogen) atoms. The Morgan fingerprint density at radius 2 is 2.05 bits per heavy atom. The fourth-order valence-electron chi connectivity index (χ4n) is 1.52. The van der Waals surface area contributed by atoms with E-state index < -0.39 is 0 Å². The second-order valence-corrected chi connectivity index (χ2v) is 4.54. The van der Waals surface area contributed by atoms with Crippen LogP contribution in [0.25, 0.3) is 0 Å². The molecule has 0 aliphatic carbocycles. The Balaban J connectivity index is 2.64. The molecule has 0 spiro atoms. The standard InChI is InChI=1S/C16H22O3/c1-13(2)18-10-11-19-16-8-7-14(3)12-15(16)6-4-5-9-17/h7-8,12-13,17H,5,9-11H2,1-3H3. The van der Waals surface area contributed by atoms with Crippen LogP contribution in [-0.2, 0) is 4.74 Å². The first-order chi connectivity index (χ1) is 9.13. The maximum atomic E-state index is 8.74. The van der Waals surface area contributed by atoms with Gasteiger partial charge in [-0.3, -0.25) is 0 Å². The summed E-state index contributed by atoms with van der Waals surface area (Å²) in [6.07, 6.45) is 0.689. The molecule has 3 nitrogen and oxygen atoms in total. The maximum Gasteiger partial charge on any atom is 0.135 e. The molecular weight excluding hydrogens is 240 g/mol. The van der Waals surface area contributed by atoms with Crippen LogP contribution in [-0.4, -0.2) is 31.0 Å². The molecule has 1 aromatic carbocycles. The summed E-state index contributed by atoms with van der Waals surface area (Å²) in [5.41, 5.74) is 2.00.